The van der Waals surface area contributed by atoms with Crippen LogP contribution in [0.15, 0.2) is 36.5 Å². The van der Waals surface area contributed by atoms with E-state index >= 15 is 0 Å². The Balaban J connectivity index is 1.96. The third-order valence-electron chi connectivity index (χ3n) is 2.82. The van der Waals surface area contributed by atoms with Gasteiger partial charge in [-0.3, -0.25) is 9.48 Å². The molecule has 2 rings (SSSR count). The first kappa shape index (κ1) is 13.6. The van der Waals surface area contributed by atoms with E-state index in [0.717, 1.165) is 5.69 Å². The number of benzene rings is 1. The van der Waals surface area contributed by atoms with Crippen molar-refractivity contribution in [2.24, 2.45) is 0 Å². The fourth-order valence-corrected chi connectivity index (χ4v) is 1.99. The second-order valence-corrected chi connectivity index (χ2v) is 4.93. The maximum Gasteiger partial charge on any atom is 0.226 e. The third kappa shape index (κ3) is 3.58. The molecule has 19 heavy (non-hydrogen) atoms. The number of nitrogens with one attached hydrogen (secondary N) is 1. The molecular formula is C14H16ClN3O. The van der Waals surface area contributed by atoms with E-state index < -0.39 is 0 Å². The number of anilines is 1. The SMILES string of the molecule is Cc1ccn(C(C)CC(=O)Nc2ccccc2Cl)n1. The Labute approximate surface area is 117 Å². The highest BCUT2D eigenvalue weighted by Crippen LogP contribution is 2.21. The van der Waals surface area contributed by atoms with Gasteiger partial charge in [-0.25, -0.2) is 0 Å². The predicted octanol–water partition coefficient (Wildman–Crippen LogP) is 3.43. The largest absolute Gasteiger partial charge is 0.325 e. The van der Waals surface area contributed by atoms with E-state index in [1.165, 1.54) is 0 Å². The minimum Gasteiger partial charge on any atom is -0.325 e. The maximum absolute atomic E-state index is 11.9. The van der Waals surface area contributed by atoms with Gasteiger partial charge in [-0.15, -0.1) is 0 Å². The summed E-state index contributed by atoms with van der Waals surface area (Å²) in [6.45, 7) is 3.88. The van der Waals surface area contributed by atoms with Crippen LogP contribution in [0.3, 0.4) is 0 Å². The van der Waals surface area contributed by atoms with Gasteiger partial charge in [0.25, 0.3) is 0 Å². The van der Waals surface area contributed by atoms with Crippen molar-refractivity contribution in [3.05, 3.63) is 47.2 Å². The number of hydrogen-bond acceptors (Lipinski definition) is 2. The van der Waals surface area contributed by atoms with Crippen LogP contribution >= 0.6 is 11.6 Å². The lowest BCUT2D eigenvalue weighted by molar-refractivity contribution is -0.116. The number of rotatable bonds is 4. The fraction of sp³-hybridized carbons (Fsp3) is 0.286. The van der Waals surface area contributed by atoms with Crippen molar-refractivity contribution in [1.82, 2.24) is 9.78 Å². The Morgan fingerprint density at radius 3 is 2.79 bits per heavy atom. The molecule has 0 saturated carbocycles. The van der Waals surface area contributed by atoms with Gasteiger partial charge < -0.3 is 5.32 Å². The maximum atomic E-state index is 11.9. The van der Waals surface area contributed by atoms with Crippen molar-refractivity contribution in [2.45, 2.75) is 26.3 Å². The summed E-state index contributed by atoms with van der Waals surface area (Å²) in [7, 11) is 0. The summed E-state index contributed by atoms with van der Waals surface area (Å²) >= 11 is 5.99. The molecular weight excluding hydrogens is 262 g/mol. The van der Waals surface area contributed by atoms with Crippen molar-refractivity contribution in [3.63, 3.8) is 0 Å². The molecule has 1 aromatic carbocycles. The normalized spacial score (nSPS) is 12.2. The van der Waals surface area contributed by atoms with Gasteiger partial charge in [0.2, 0.25) is 5.91 Å². The summed E-state index contributed by atoms with van der Waals surface area (Å²) in [5, 5.41) is 7.64. The van der Waals surface area contributed by atoms with Gasteiger partial charge in [-0.1, -0.05) is 23.7 Å². The topological polar surface area (TPSA) is 46.9 Å². The van der Waals surface area contributed by atoms with Crippen molar-refractivity contribution < 1.29 is 4.79 Å². The van der Waals surface area contributed by atoms with Crippen LogP contribution < -0.4 is 5.32 Å². The molecule has 0 aliphatic heterocycles. The molecule has 1 heterocycles. The first-order chi connectivity index (χ1) is 9.06. The summed E-state index contributed by atoms with van der Waals surface area (Å²) in [5.74, 6) is -0.0752. The predicted molar refractivity (Wildman–Crippen MR) is 76.4 cm³/mol. The first-order valence-electron chi connectivity index (χ1n) is 6.12. The van der Waals surface area contributed by atoms with Crippen LogP contribution in [0.4, 0.5) is 5.69 Å². The van der Waals surface area contributed by atoms with Gasteiger partial charge in [0.05, 0.1) is 22.4 Å². The zero-order valence-electron chi connectivity index (χ0n) is 10.9. The molecule has 100 valence electrons. The van der Waals surface area contributed by atoms with Gasteiger partial charge >= 0.3 is 0 Å². The summed E-state index contributed by atoms with van der Waals surface area (Å²) in [6.07, 6.45) is 2.23. The number of hydrogen-bond donors (Lipinski definition) is 1. The molecule has 1 atom stereocenters. The van der Waals surface area contributed by atoms with E-state index in [-0.39, 0.29) is 11.9 Å². The summed E-state index contributed by atoms with van der Waals surface area (Å²) < 4.78 is 1.79. The number of amides is 1. The van der Waals surface area contributed by atoms with Crippen LogP contribution in [-0.2, 0) is 4.79 Å². The Morgan fingerprint density at radius 1 is 1.42 bits per heavy atom. The molecule has 1 aromatic heterocycles. The van der Waals surface area contributed by atoms with Crippen LogP contribution in [-0.4, -0.2) is 15.7 Å². The number of aryl methyl sites for hydroxylation is 1. The smallest absolute Gasteiger partial charge is 0.226 e. The van der Waals surface area contributed by atoms with Gasteiger partial charge in [-0.05, 0) is 32.0 Å². The van der Waals surface area contributed by atoms with Gasteiger partial charge in [0.1, 0.15) is 0 Å². The lowest BCUT2D eigenvalue weighted by Crippen LogP contribution is -2.18. The summed E-state index contributed by atoms with van der Waals surface area (Å²) in [6, 6.07) is 9.12. The average molecular weight is 278 g/mol. The van der Waals surface area contributed by atoms with Crippen LogP contribution in [0, 0.1) is 6.92 Å². The lowest BCUT2D eigenvalue weighted by atomic mass is 10.2. The van der Waals surface area contributed by atoms with Crippen LogP contribution in [0.5, 0.6) is 0 Å². The second-order valence-electron chi connectivity index (χ2n) is 4.52. The van der Waals surface area contributed by atoms with E-state index in [1.807, 2.05) is 38.2 Å². The highest BCUT2D eigenvalue weighted by Gasteiger charge is 2.12. The van der Waals surface area contributed by atoms with E-state index in [9.17, 15) is 4.79 Å². The molecule has 1 amide bonds. The summed E-state index contributed by atoms with van der Waals surface area (Å²) in [4.78, 5) is 11.9. The van der Waals surface area contributed by atoms with E-state index in [2.05, 4.69) is 10.4 Å². The first-order valence-corrected chi connectivity index (χ1v) is 6.50. The monoisotopic (exact) mass is 277 g/mol. The quantitative estimate of drug-likeness (QED) is 0.931. The third-order valence-corrected chi connectivity index (χ3v) is 3.15. The molecule has 5 heteroatoms. The minimum atomic E-state index is -0.0752. The molecule has 0 spiro atoms. The molecule has 2 aromatic rings. The van der Waals surface area contributed by atoms with E-state index in [1.54, 1.807) is 16.8 Å². The highest BCUT2D eigenvalue weighted by molar-refractivity contribution is 6.33. The van der Waals surface area contributed by atoms with Gasteiger partial charge in [0.15, 0.2) is 0 Å². The number of halogens is 1. The molecule has 1 unspecified atom stereocenters. The van der Waals surface area contributed by atoms with E-state index in [4.69, 9.17) is 11.6 Å². The zero-order valence-corrected chi connectivity index (χ0v) is 11.7. The number of carbonyl (C=O) groups is 1. The van der Waals surface area contributed by atoms with E-state index in [0.29, 0.717) is 17.1 Å². The standard InChI is InChI=1S/C14H16ClN3O/c1-10-7-8-18(17-10)11(2)9-14(19)16-13-6-4-3-5-12(13)15/h3-8,11H,9H2,1-2H3,(H,16,19). The zero-order chi connectivity index (χ0) is 13.8. The lowest BCUT2D eigenvalue weighted by Gasteiger charge is -2.12. The molecule has 4 nitrogen and oxygen atoms in total. The van der Waals surface area contributed by atoms with Crippen LogP contribution in [0.2, 0.25) is 5.02 Å². The number of carbonyl (C=O) groups excluding carboxylic acids is 1. The molecule has 0 aliphatic carbocycles. The molecule has 0 bridgehead atoms. The molecule has 0 radical (unpaired) electrons. The fourth-order valence-electron chi connectivity index (χ4n) is 1.80. The van der Waals surface area contributed by atoms with Gasteiger partial charge in [0, 0.05) is 12.6 Å². The molecule has 0 fully saturated rings. The number of para-hydroxylation sites is 1. The number of nitrogens with zero attached hydrogens (tertiary/aromatic N) is 2. The Bertz CT molecular complexity index is 580. The van der Waals surface area contributed by atoms with Gasteiger partial charge in [-0.2, -0.15) is 5.10 Å². The Morgan fingerprint density at radius 2 is 2.16 bits per heavy atom. The van der Waals surface area contributed by atoms with Crippen molar-refractivity contribution in [3.8, 4) is 0 Å². The number of aromatic nitrogens is 2. The molecule has 1 N–H and O–H groups in total. The minimum absolute atomic E-state index is 0.0104. The average Bonchev–Trinajstić information content (AvgIpc) is 2.79. The molecule has 0 saturated heterocycles. The second kappa shape index (κ2) is 5.89. The van der Waals surface area contributed by atoms with Crippen LogP contribution in [0.1, 0.15) is 25.1 Å². The Hall–Kier alpha value is -1.81. The van der Waals surface area contributed by atoms with Crippen molar-refractivity contribution in [1.29, 1.82) is 0 Å². The molecule has 0 aliphatic rings. The highest BCUT2D eigenvalue weighted by atomic mass is 35.5. The van der Waals surface area contributed by atoms with Crippen LogP contribution in [0.25, 0.3) is 0 Å². The summed E-state index contributed by atoms with van der Waals surface area (Å²) in [5.41, 5.74) is 1.58. The van der Waals surface area contributed by atoms with Crippen molar-refractivity contribution >= 4 is 23.2 Å². The Kier molecular flexibility index (Phi) is 4.22. The van der Waals surface area contributed by atoms with Crippen molar-refractivity contribution in [2.75, 3.05) is 5.32 Å².